The van der Waals surface area contributed by atoms with E-state index in [1.165, 1.54) is 24.0 Å². The highest BCUT2D eigenvalue weighted by Gasteiger charge is 2.17. The van der Waals surface area contributed by atoms with E-state index in [9.17, 15) is 0 Å². The van der Waals surface area contributed by atoms with Crippen LogP contribution in [0.25, 0.3) is 5.70 Å². The van der Waals surface area contributed by atoms with Gasteiger partial charge in [-0.25, -0.2) is 4.99 Å². The van der Waals surface area contributed by atoms with E-state index in [0.29, 0.717) is 12.5 Å². The number of hydrogen-bond donors (Lipinski definition) is 3. The molecule has 2 unspecified atom stereocenters. The Hall–Kier alpha value is -1.85. The maximum atomic E-state index is 6.11. The fourth-order valence-corrected chi connectivity index (χ4v) is 2.93. The van der Waals surface area contributed by atoms with E-state index in [0.717, 1.165) is 24.1 Å². The number of ether oxygens (including phenoxy) is 1. The maximum Gasteiger partial charge on any atom is 0.213 e. The van der Waals surface area contributed by atoms with Crippen molar-refractivity contribution in [2.75, 3.05) is 6.61 Å². The van der Waals surface area contributed by atoms with Crippen LogP contribution in [-0.2, 0) is 4.74 Å². The summed E-state index contributed by atoms with van der Waals surface area (Å²) in [6.45, 7) is 6.83. The first-order chi connectivity index (χ1) is 11.5. The molecule has 0 spiro atoms. The van der Waals surface area contributed by atoms with Gasteiger partial charge in [0.1, 0.15) is 6.61 Å². The summed E-state index contributed by atoms with van der Waals surface area (Å²) < 4.78 is 5.81. The van der Waals surface area contributed by atoms with Crippen molar-refractivity contribution in [1.82, 2.24) is 5.32 Å². The summed E-state index contributed by atoms with van der Waals surface area (Å²) in [7, 11) is 0. The number of hydrogen-bond acceptors (Lipinski definition) is 5. The first-order valence-electron chi connectivity index (χ1n) is 8.77. The second-order valence-corrected chi connectivity index (χ2v) is 6.45. The molecular formula is C19H30N4O. The smallest absolute Gasteiger partial charge is 0.213 e. The molecule has 5 heteroatoms. The van der Waals surface area contributed by atoms with Crippen LogP contribution in [0.15, 0.2) is 29.3 Å². The molecule has 5 nitrogen and oxygen atoms in total. The van der Waals surface area contributed by atoms with Gasteiger partial charge in [0, 0.05) is 23.4 Å². The average molecular weight is 330 g/mol. The average Bonchev–Trinajstić information content (AvgIpc) is 2.53. The van der Waals surface area contributed by atoms with E-state index in [-0.39, 0.29) is 6.04 Å². The molecule has 0 bridgehead atoms. The predicted molar refractivity (Wildman–Crippen MR) is 101 cm³/mol. The molecule has 2 rings (SSSR count). The van der Waals surface area contributed by atoms with Crippen LogP contribution < -0.4 is 16.8 Å². The molecule has 1 aliphatic rings. The Morgan fingerprint density at radius 1 is 1.25 bits per heavy atom. The van der Waals surface area contributed by atoms with Crippen LogP contribution in [0.1, 0.15) is 49.3 Å². The van der Waals surface area contributed by atoms with Gasteiger partial charge >= 0.3 is 0 Å². The van der Waals surface area contributed by atoms with Crippen LogP contribution in [0.5, 0.6) is 0 Å². The summed E-state index contributed by atoms with van der Waals surface area (Å²) >= 11 is 0. The number of nitrogens with two attached hydrogens (primary N) is 2. The third-order valence-electron chi connectivity index (χ3n) is 4.21. The Morgan fingerprint density at radius 3 is 2.62 bits per heavy atom. The lowest BCUT2D eigenvalue weighted by atomic mass is 9.99. The normalized spacial score (nSPS) is 18.5. The minimum Gasteiger partial charge on any atom is -0.476 e. The third kappa shape index (κ3) is 5.08. The lowest BCUT2D eigenvalue weighted by molar-refractivity contribution is 0.266. The fraction of sp³-hybridized carbons (Fsp3) is 0.526. The largest absolute Gasteiger partial charge is 0.476 e. The van der Waals surface area contributed by atoms with Crippen molar-refractivity contribution in [2.45, 2.75) is 58.8 Å². The number of nitrogens with zero attached hydrogens (tertiary/aromatic N) is 1. The molecule has 0 saturated heterocycles. The van der Waals surface area contributed by atoms with E-state index in [4.69, 9.17) is 16.2 Å². The molecule has 5 N–H and O–H groups in total. The van der Waals surface area contributed by atoms with Gasteiger partial charge in [-0.2, -0.15) is 0 Å². The Balaban J connectivity index is 2.04. The molecule has 0 saturated carbocycles. The summed E-state index contributed by atoms with van der Waals surface area (Å²) in [6.07, 6.45) is 5.92. The van der Waals surface area contributed by atoms with Crippen molar-refractivity contribution in [1.29, 1.82) is 0 Å². The minimum absolute atomic E-state index is 0.0300. The topological polar surface area (TPSA) is 85.7 Å². The van der Waals surface area contributed by atoms with Crippen molar-refractivity contribution >= 4 is 11.6 Å². The van der Waals surface area contributed by atoms with Crippen molar-refractivity contribution < 1.29 is 4.74 Å². The number of unbranched alkanes of at least 4 members (excludes halogenated alkanes) is 2. The van der Waals surface area contributed by atoms with Gasteiger partial charge in [-0.1, -0.05) is 44.4 Å². The molecule has 1 aliphatic heterocycles. The Bertz CT molecular complexity index is 589. The molecule has 0 fully saturated rings. The number of aryl methyl sites for hydroxylation is 2. The van der Waals surface area contributed by atoms with Crippen LogP contribution in [0.3, 0.4) is 0 Å². The highest BCUT2D eigenvalue weighted by Crippen LogP contribution is 2.23. The van der Waals surface area contributed by atoms with Crippen LogP contribution in [0.4, 0.5) is 0 Å². The molecule has 1 aromatic carbocycles. The molecule has 1 aromatic rings. The summed E-state index contributed by atoms with van der Waals surface area (Å²) in [5.41, 5.74) is 16.6. The van der Waals surface area contributed by atoms with Crippen LogP contribution >= 0.6 is 0 Å². The summed E-state index contributed by atoms with van der Waals surface area (Å²) in [4.78, 5) is 4.31. The molecule has 0 aliphatic carbocycles. The van der Waals surface area contributed by atoms with Gasteiger partial charge in [0.2, 0.25) is 5.90 Å². The molecule has 1 heterocycles. The lowest BCUT2D eigenvalue weighted by Crippen LogP contribution is -2.39. The number of nitrogens with one attached hydrogen (secondary N) is 1. The van der Waals surface area contributed by atoms with Crippen molar-refractivity contribution in [2.24, 2.45) is 16.5 Å². The van der Waals surface area contributed by atoms with Gasteiger partial charge < -0.3 is 15.8 Å². The van der Waals surface area contributed by atoms with Gasteiger partial charge in [0.25, 0.3) is 0 Å². The highest BCUT2D eigenvalue weighted by molar-refractivity contribution is 5.97. The zero-order valence-corrected chi connectivity index (χ0v) is 15.0. The third-order valence-corrected chi connectivity index (χ3v) is 4.21. The minimum atomic E-state index is -0.504. The van der Waals surface area contributed by atoms with Crippen LogP contribution in [0, 0.1) is 13.8 Å². The van der Waals surface area contributed by atoms with Crippen LogP contribution in [-0.4, -0.2) is 24.8 Å². The van der Waals surface area contributed by atoms with E-state index in [1.54, 1.807) is 0 Å². The van der Waals surface area contributed by atoms with Crippen molar-refractivity contribution in [3.63, 3.8) is 0 Å². The van der Waals surface area contributed by atoms with Gasteiger partial charge in [-0.3, -0.25) is 5.73 Å². The van der Waals surface area contributed by atoms with E-state index < -0.39 is 6.29 Å². The molecule has 0 radical (unpaired) electrons. The second-order valence-electron chi connectivity index (χ2n) is 6.45. The zero-order valence-electron chi connectivity index (χ0n) is 15.0. The number of aliphatic imine (C=N–C) groups is 1. The van der Waals surface area contributed by atoms with Crippen molar-refractivity contribution in [3.8, 4) is 0 Å². The summed E-state index contributed by atoms with van der Waals surface area (Å²) in [6, 6.07) is 6.26. The van der Waals surface area contributed by atoms with Crippen molar-refractivity contribution in [3.05, 3.63) is 41.0 Å². The van der Waals surface area contributed by atoms with Gasteiger partial charge in [-0.05, 0) is 31.4 Å². The first kappa shape index (κ1) is 18.5. The molecule has 0 amide bonds. The van der Waals surface area contributed by atoms with Gasteiger partial charge in [-0.15, -0.1) is 0 Å². The van der Waals surface area contributed by atoms with E-state index in [1.807, 2.05) is 6.08 Å². The number of rotatable bonds is 7. The fourth-order valence-electron chi connectivity index (χ4n) is 2.93. The molecule has 0 aromatic heterocycles. The molecule has 24 heavy (non-hydrogen) atoms. The summed E-state index contributed by atoms with van der Waals surface area (Å²) in [5, 5.41) is 3.21. The standard InChI is InChI=1S/C19H30N4O/c1-4-5-6-10-15(20)12-24-17-11-16(22-19(21)23-17)18-13(2)8-7-9-14(18)3/h7-9,11,15,19,22H,4-6,10,12,20-21H2,1-3H3. The summed E-state index contributed by atoms with van der Waals surface area (Å²) in [5.74, 6) is 0.546. The van der Waals surface area contributed by atoms with E-state index in [2.05, 4.69) is 49.3 Å². The number of benzene rings is 1. The Kier molecular flexibility index (Phi) is 6.82. The van der Waals surface area contributed by atoms with E-state index >= 15 is 0 Å². The Labute approximate surface area is 145 Å². The SMILES string of the molecule is CCCCCC(N)COC1=NC(N)NC(c2c(C)cccc2C)=C1. The molecule has 132 valence electrons. The lowest BCUT2D eigenvalue weighted by Gasteiger charge is -2.24. The highest BCUT2D eigenvalue weighted by atomic mass is 16.5. The zero-order chi connectivity index (χ0) is 17.5. The monoisotopic (exact) mass is 330 g/mol. The maximum absolute atomic E-state index is 6.11. The quantitative estimate of drug-likeness (QED) is 0.671. The second kappa shape index (κ2) is 8.85. The van der Waals surface area contributed by atoms with Gasteiger partial charge in [0.05, 0.1) is 0 Å². The van der Waals surface area contributed by atoms with Gasteiger partial charge in [0.15, 0.2) is 6.29 Å². The first-order valence-corrected chi connectivity index (χ1v) is 8.77. The Morgan fingerprint density at radius 2 is 1.96 bits per heavy atom. The molecule has 2 atom stereocenters. The predicted octanol–water partition coefficient (Wildman–Crippen LogP) is 2.81. The molecular weight excluding hydrogens is 300 g/mol. The van der Waals surface area contributed by atoms with Crippen LogP contribution in [0.2, 0.25) is 0 Å².